The number of hydrogen-bond acceptors (Lipinski definition) is 4. The highest BCUT2D eigenvalue weighted by Crippen LogP contribution is 1.82. The van der Waals surface area contributed by atoms with Gasteiger partial charge in [0.2, 0.25) is 0 Å². The minimum Gasteiger partial charge on any atom is -0.479 e. The lowest BCUT2D eigenvalue weighted by molar-refractivity contribution is -0.154. The Morgan fingerprint density at radius 2 is 2.10 bits per heavy atom. The Bertz CT molecular complexity index is 134. The van der Waals surface area contributed by atoms with Gasteiger partial charge in [0.25, 0.3) is 0 Å². The van der Waals surface area contributed by atoms with Gasteiger partial charge in [0.15, 0.2) is 6.61 Å². The van der Waals surface area contributed by atoms with Crippen molar-refractivity contribution in [3.8, 4) is 0 Å². The SMILES string of the molecule is NCCC(=O)OCC(=O)O. The predicted molar refractivity (Wildman–Crippen MR) is 32.3 cm³/mol. The molecular weight excluding hydrogens is 138 g/mol. The van der Waals surface area contributed by atoms with E-state index < -0.39 is 18.5 Å². The van der Waals surface area contributed by atoms with Crippen molar-refractivity contribution in [1.29, 1.82) is 0 Å². The van der Waals surface area contributed by atoms with Crippen LogP contribution in [-0.4, -0.2) is 30.2 Å². The number of ether oxygens (including phenoxy) is 1. The summed E-state index contributed by atoms with van der Waals surface area (Å²) in [6, 6.07) is 0. The Labute approximate surface area is 57.8 Å². The number of nitrogens with two attached hydrogens (primary N) is 1. The van der Waals surface area contributed by atoms with E-state index in [9.17, 15) is 9.59 Å². The van der Waals surface area contributed by atoms with Crippen molar-refractivity contribution >= 4 is 11.9 Å². The van der Waals surface area contributed by atoms with E-state index in [0.29, 0.717) is 0 Å². The maximum atomic E-state index is 10.4. The van der Waals surface area contributed by atoms with E-state index >= 15 is 0 Å². The number of carboxylic acids is 1. The normalized spacial score (nSPS) is 8.90. The molecular formula is C5H9NO4. The van der Waals surface area contributed by atoms with E-state index in [-0.39, 0.29) is 13.0 Å². The molecule has 0 saturated carbocycles. The van der Waals surface area contributed by atoms with Crippen LogP contribution in [0.3, 0.4) is 0 Å². The minimum absolute atomic E-state index is 0.0628. The molecule has 0 spiro atoms. The molecule has 3 N–H and O–H groups in total. The van der Waals surface area contributed by atoms with Crippen LogP contribution in [0.2, 0.25) is 0 Å². The van der Waals surface area contributed by atoms with E-state index in [4.69, 9.17) is 10.8 Å². The highest BCUT2D eigenvalue weighted by molar-refractivity contribution is 5.75. The van der Waals surface area contributed by atoms with Crippen molar-refractivity contribution in [3.05, 3.63) is 0 Å². The summed E-state index contributed by atoms with van der Waals surface area (Å²) in [4.78, 5) is 20.2. The molecule has 0 aromatic rings. The zero-order valence-electron chi connectivity index (χ0n) is 5.37. The summed E-state index contributed by atoms with van der Waals surface area (Å²) in [6.07, 6.45) is 0.0628. The van der Waals surface area contributed by atoms with Crippen LogP contribution in [0.5, 0.6) is 0 Å². The summed E-state index contributed by atoms with van der Waals surface area (Å²) in [7, 11) is 0. The van der Waals surface area contributed by atoms with Crippen LogP contribution in [0.1, 0.15) is 6.42 Å². The number of rotatable bonds is 4. The van der Waals surface area contributed by atoms with Crippen LogP contribution in [0.25, 0.3) is 0 Å². The number of carbonyl (C=O) groups excluding carboxylic acids is 1. The van der Waals surface area contributed by atoms with E-state index in [1.807, 2.05) is 0 Å². The van der Waals surface area contributed by atoms with E-state index in [1.165, 1.54) is 0 Å². The van der Waals surface area contributed by atoms with Gasteiger partial charge < -0.3 is 15.6 Å². The number of carboxylic acid groups (broad SMARTS) is 1. The molecule has 0 aliphatic rings. The second-order valence-electron chi connectivity index (χ2n) is 1.59. The second-order valence-corrected chi connectivity index (χ2v) is 1.59. The second kappa shape index (κ2) is 4.75. The number of esters is 1. The van der Waals surface area contributed by atoms with Crippen molar-refractivity contribution in [3.63, 3.8) is 0 Å². The average molecular weight is 147 g/mol. The fourth-order valence-corrected chi connectivity index (χ4v) is 0.332. The topological polar surface area (TPSA) is 89.6 Å². The Morgan fingerprint density at radius 3 is 2.50 bits per heavy atom. The van der Waals surface area contributed by atoms with E-state index in [2.05, 4.69) is 4.74 Å². The first-order chi connectivity index (χ1) is 4.66. The van der Waals surface area contributed by atoms with Crippen molar-refractivity contribution in [2.24, 2.45) is 5.73 Å². The van der Waals surface area contributed by atoms with Gasteiger partial charge in [-0.05, 0) is 0 Å². The Morgan fingerprint density at radius 1 is 1.50 bits per heavy atom. The molecule has 0 aromatic carbocycles. The van der Waals surface area contributed by atoms with Gasteiger partial charge in [-0.2, -0.15) is 0 Å². The van der Waals surface area contributed by atoms with Crippen molar-refractivity contribution < 1.29 is 19.4 Å². The molecule has 0 bridgehead atoms. The minimum atomic E-state index is -1.16. The van der Waals surface area contributed by atoms with E-state index in [0.717, 1.165) is 0 Å². The van der Waals surface area contributed by atoms with Crippen LogP contribution >= 0.6 is 0 Å². The maximum absolute atomic E-state index is 10.4. The maximum Gasteiger partial charge on any atom is 0.341 e. The molecule has 0 fully saturated rings. The molecule has 0 aliphatic heterocycles. The monoisotopic (exact) mass is 147 g/mol. The highest BCUT2D eigenvalue weighted by atomic mass is 16.5. The van der Waals surface area contributed by atoms with Gasteiger partial charge in [0.1, 0.15) is 0 Å². The van der Waals surface area contributed by atoms with Gasteiger partial charge in [-0.3, -0.25) is 4.79 Å². The van der Waals surface area contributed by atoms with Gasteiger partial charge >= 0.3 is 11.9 Å². The fraction of sp³-hybridized carbons (Fsp3) is 0.600. The zero-order valence-corrected chi connectivity index (χ0v) is 5.37. The van der Waals surface area contributed by atoms with Crippen LogP contribution in [-0.2, 0) is 14.3 Å². The molecule has 10 heavy (non-hydrogen) atoms. The standard InChI is InChI=1S/C5H9NO4/c6-2-1-5(9)10-3-4(7)8/h1-3,6H2,(H,7,8). The first-order valence-corrected chi connectivity index (χ1v) is 2.74. The number of hydrogen-bond donors (Lipinski definition) is 2. The predicted octanol–water partition coefficient (Wildman–Crippen LogP) is -1.04. The molecule has 58 valence electrons. The van der Waals surface area contributed by atoms with Crippen molar-refractivity contribution in [1.82, 2.24) is 0 Å². The summed E-state index contributed by atoms with van der Waals surface area (Å²) >= 11 is 0. The van der Waals surface area contributed by atoms with Gasteiger partial charge in [-0.15, -0.1) is 0 Å². The summed E-state index contributed by atoms with van der Waals surface area (Å²) in [5, 5.41) is 8.02. The summed E-state index contributed by atoms with van der Waals surface area (Å²) < 4.78 is 4.23. The molecule has 0 saturated heterocycles. The van der Waals surface area contributed by atoms with Crippen molar-refractivity contribution in [2.45, 2.75) is 6.42 Å². The van der Waals surface area contributed by atoms with Crippen LogP contribution < -0.4 is 5.73 Å². The van der Waals surface area contributed by atoms with Crippen LogP contribution in [0.15, 0.2) is 0 Å². The third-order valence-corrected chi connectivity index (χ3v) is 0.705. The first-order valence-electron chi connectivity index (χ1n) is 2.74. The number of carbonyl (C=O) groups is 2. The van der Waals surface area contributed by atoms with Gasteiger partial charge in [-0.25, -0.2) is 4.79 Å². The summed E-state index contributed by atoms with van der Waals surface area (Å²) in [6.45, 7) is -0.405. The average Bonchev–Trinajstić information content (AvgIpc) is 1.85. The molecule has 0 aromatic heterocycles. The van der Waals surface area contributed by atoms with Gasteiger partial charge in [0.05, 0.1) is 6.42 Å². The Hall–Kier alpha value is -1.10. The quantitative estimate of drug-likeness (QED) is 0.496. The highest BCUT2D eigenvalue weighted by Gasteiger charge is 2.03. The Kier molecular flexibility index (Phi) is 4.23. The molecule has 0 rings (SSSR count). The Balaban J connectivity index is 3.30. The van der Waals surface area contributed by atoms with Gasteiger partial charge in [-0.1, -0.05) is 0 Å². The molecule has 0 atom stereocenters. The lowest BCUT2D eigenvalue weighted by Crippen LogP contribution is -2.15. The largest absolute Gasteiger partial charge is 0.479 e. The molecule has 0 radical (unpaired) electrons. The lowest BCUT2D eigenvalue weighted by Gasteiger charge is -1.97. The molecule has 0 aliphatic carbocycles. The zero-order chi connectivity index (χ0) is 7.98. The van der Waals surface area contributed by atoms with Crippen LogP contribution in [0, 0.1) is 0 Å². The smallest absolute Gasteiger partial charge is 0.341 e. The molecule has 5 heteroatoms. The fourth-order valence-electron chi connectivity index (χ4n) is 0.332. The molecule has 0 heterocycles. The number of aliphatic carboxylic acids is 1. The summed E-state index contributed by atoms with van der Waals surface area (Å²) in [5.74, 6) is -1.74. The van der Waals surface area contributed by atoms with Gasteiger partial charge in [0, 0.05) is 6.54 Å². The molecule has 5 nitrogen and oxygen atoms in total. The summed E-state index contributed by atoms with van der Waals surface area (Å²) in [5.41, 5.74) is 4.99. The molecule has 0 unspecified atom stereocenters. The third kappa shape index (κ3) is 5.04. The first kappa shape index (κ1) is 8.90. The lowest BCUT2D eigenvalue weighted by atomic mass is 10.4. The van der Waals surface area contributed by atoms with E-state index in [1.54, 1.807) is 0 Å². The third-order valence-electron chi connectivity index (χ3n) is 0.705. The molecule has 0 amide bonds. The van der Waals surface area contributed by atoms with Crippen LogP contribution in [0.4, 0.5) is 0 Å². The van der Waals surface area contributed by atoms with Crippen molar-refractivity contribution in [2.75, 3.05) is 13.2 Å².